The fourth-order valence-corrected chi connectivity index (χ4v) is 1.81. The molecule has 0 saturated carbocycles. The zero-order valence-electron chi connectivity index (χ0n) is 12.4. The minimum absolute atomic E-state index is 0.0971. The molecule has 0 heterocycles. The van der Waals surface area contributed by atoms with Crippen molar-refractivity contribution in [3.63, 3.8) is 0 Å². The van der Waals surface area contributed by atoms with E-state index in [0.717, 1.165) is 18.7 Å². The highest BCUT2D eigenvalue weighted by molar-refractivity contribution is 5.75. The predicted octanol–water partition coefficient (Wildman–Crippen LogP) is 1.46. The van der Waals surface area contributed by atoms with Gasteiger partial charge in [0.2, 0.25) is 0 Å². The molecule has 112 valence electrons. The first-order valence-electron chi connectivity index (χ1n) is 6.77. The summed E-state index contributed by atoms with van der Waals surface area (Å²) in [6, 6.07) is 7.56. The summed E-state index contributed by atoms with van der Waals surface area (Å²) < 4.78 is 10.8. The minimum Gasteiger partial charge on any atom is -0.484 e. The van der Waals surface area contributed by atoms with Crippen LogP contribution in [0.25, 0.3) is 0 Å². The van der Waals surface area contributed by atoms with Crippen LogP contribution in [0.5, 0.6) is 5.75 Å². The zero-order valence-corrected chi connectivity index (χ0v) is 12.4. The van der Waals surface area contributed by atoms with Crippen LogP contribution >= 0.6 is 0 Å². The summed E-state index contributed by atoms with van der Waals surface area (Å²) in [5, 5.41) is 3.36. The lowest BCUT2D eigenvalue weighted by atomic mass is 10.1. The molecule has 0 aromatic heterocycles. The van der Waals surface area contributed by atoms with Crippen LogP contribution in [0.1, 0.15) is 26.3 Å². The van der Waals surface area contributed by atoms with Crippen LogP contribution in [0, 0.1) is 0 Å². The van der Waals surface area contributed by atoms with Gasteiger partial charge >= 0.3 is 0 Å². The van der Waals surface area contributed by atoms with E-state index in [-0.39, 0.29) is 12.2 Å². The number of hydrogen-bond donors (Lipinski definition) is 2. The average Bonchev–Trinajstić information content (AvgIpc) is 2.37. The Hall–Kier alpha value is -1.59. The summed E-state index contributed by atoms with van der Waals surface area (Å²) >= 11 is 0. The largest absolute Gasteiger partial charge is 0.484 e. The molecule has 1 rings (SSSR count). The minimum atomic E-state index is -0.478. The van der Waals surface area contributed by atoms with E-state index in [2.05, 4.69) is 19.2 Å². The Morgan fingerprint density at radius 1 is 1.30 bits per heavy atom. The molecule has 1 aromatic carbocycles. The highest BCUT2D eigenvalue weighted by Gasteiger charge is 2.16. The monoisotopic (exact) mass is 280 g/mol. The van der Waals surface area contributed by atoms with Gasteiger partial charge in [-0.1, -0.05) is 12.1 Å². The molecule has 0 atom stereocenters. The summed E-state index contributed by atoms with van der Waals surface area (Å²) in [4.78, 5) is 10.6. The van der Waals surface area contributed by atoms with Gasteiger partial charge in [0.05, 0.1) is 5.60 Å². The number of nitrogens with two attached hydrogens (primary N) is 1. The number of carbonyl (C=O) groups excluding carboxylic acids is 1. The van der Waals surface area contributed by atoms with Gasteiger partial charge in [-0.15, -0.1) is 0 Å². The third kappa shape index (κ3) is 6.54. The second kappa shape index (κ2) is 7.87. The molecule has 0 aliphatic rings. The van der Waals surface area contributed by atoms with Crippen molar-refractivity contribution in [2.75, 3.05) is 19.8 Å². The Labute approximate surface area is 120 Å². The first-order valence-corrected chi connectivity index (χ1v) is 6.77. The van der Waals surface area contributed by atoms with Gasteiger partial charge in [-0.2, -0.15) is 0 Å². The van der Waals surface area contributed by atoms with Crippen LogP contribution < -0.4 is 15.8 Å². The Morgan fingerprint density at radius 3 is 2.50 bits per heavy atom. The smallest absolute Gasteiger partial charge is 0.255 e. The van der Waals surface area contributed by atoms with E-state index in [1.807, 2.05) is 31.2 Å². The molecule has 5 nitrogen and oxygen atoms in total. The lowest BCUT2D eigenvalue weighted by Crippen LogP contribution is -2.37. The molecular formula is C15H24N2O3. The van der Waals surface area contributed by atoms with Crippen molar-refractivity contribution in [3.8, 4) is 5.75 Å². The van der Waals surface area contributed by atoms with Crippen LogP contribution in [0.3, 0.4) is 0 Å². The topological polar surface area (TPSA) is 73.6 Å². The van der Waals surface area contributed by atoms with Gasteiger partial charge in [-0.3, -0.25) is 4.79 Å². The molecule has 0 unspecified atom stereocenters. The van der Waals surface area contributed by atoms with Crippen LogP contribution in [-0.2, 0) is 16.1 Å². The molecule has 0 spiro atoms. The van der Waals surface area contributed by atoms with Gasteiger partial charge in [-0.05, 0) is 38.5 Å². The normalized spacial score (nSPS) is 11.3. The van der Waals surface area contributed by atoms with Crippen molar-refractivity contribution in [1.29, 1.82) is 0 Å². The molecule has 0 aliphatic carbocycles. The van der Waals surface area contributed by atoms with Gasteiger partial charge < -0.3 is 20.5 Å². The van der Waals surface area contributed by atoms with Crippen LogP contribution in [-0.4, -0.2) is 31.3 Å². The Bertz CT molecular complexity index is 416. The summed E-state index contributed by atoms with van der Waals surface area (Å²) in [5.74, 6) is 0.163. The molecule has 1 amide bonds. The first kappa shape index (κ1) is 16.5. The molecule has 0 fully saturated rings. The number of carbonyl (C=O) groups is 1. The second-order valence-corrected chi connectivity index (χ2v) is 5.20. The van der Waals surface area contributed by atoms with Crippen molar-refractivity contribution in [1.82, 2.24) is 5.32 Å². The maximum atomic E-state index is 10.6. The van der Waals surface area contributed by atoms with Crippen LogP contribution in [0.4, 0.5) is 0 Å². The van der Waals surface area contributed by atoms with E-state index in [9.17, 15) is 4.79 Å². The van der Waals surface area contributed by atoms with E-state index in [0.29, 0.717) is 12.4 Å². The van der Waals surface area contributed by atoms with Crippen molar-refractivity contribution < 1.29 is 14.3 Å². The number of ether oxygens (including phenoxy) is 2. The molecule has 5 heteroatoms. The summed E-state index contributed by atoms with van der Waals surface area (Å²) in [6.07, 6.45) is 0. The van der Waals surface area contributed by atoms with E-state index in [4.69, 9.17) is 15.2 Å². The SMILES string of the molecule is CCOC(C)(C)CNCc1ccc(OCC(N)=O)cc1. The molecule has 1 aromatic rings. The van der Waals surface area contributed by atoms with Crippen LogP contribution in [0.15, 0.2) is 24.3 Å². The lowest BCUT2D eigenvalue weighted by Gasteiger charge is -2.25. The van der Waals surface area contributed by atoms with Crippen LogP contribution in [0.2, 0.25) is 0 Å². The first-order chi connectivity index (χ1) is 9.43. The number of hydrogen-bond acceptors (Lipinski definition) is 4. The van der Waals surface area contributed by atoms with Crippen molar-refractivity contribution in [2.45, 2.75) is 32.9 Å². The maximum absolute atomic E-state index is 10.6. The summed E-state index contributed by atoms with van der Waals surface area (Å²) in [7, 11) is 0. The Morgan fingerprint density at radius 2 is 1.95 bits per heavy atom. The number of nitrogens with one attached hydrogen (secondary N) is 1. The quantitative estimate of drug-likeness (QED) is 0.718. The van der Waals surface area contributed by atoms with Gasteiger partial charge in [0, 0.05) is 19.7 Å². The summed E-state index contributed by atoms with van der Waals surface area (Å²) in [6.45, 7) is 8.26. The van der Waals surface area contributed by atoms with E-state index >= 15 is 0 Å². The Kier molecular flexibility index (Phi) is 6.48. The third-order valence-electron chi connectivity index (χ3n) is 2.72. The van der Waals surface area contributed by atoms with Crippen molar-refractivity contribution in [2.24, 2.45) is 5.73 Å². The fraction of sp³-hybridized carbons (Fsp3) is 0.533. The molecule has 3 N–H and O–H groups in total. The van der Waals surface area contributed by atoms with E-state index < -0.39 is 5.91 Å². The maximum Gasteiger partial charge on any atom is 0.255 e. The molecule has 0 aliphatic heterocycles. The molecular weight excluding hydrogens is 256 g/mol. The predicted molar refractivity (Wildman–Crippen MR) is 78.5 cm³/mol. The number of benzene rings is 1. The van der Waals surface area contributed by atoms with Gasteiger partial charge in [0.1, 0.15) is 5.75 Å². The molecule has 0 bridgehead atoms. The fourth-order valence-electron chi connectivity index (χ4n) is 1.81. The standard InChI is InChI=1S/C15H24N2O3/c1-4-20-15(2,3)11-17-9-12-5-7-13(8-6-12)19-10-14(16)18/h5-8,17H,4,9-11H2,1-3H3,(H2,16,18). The Balaban J connectivity index is 2.36. The third-order valence-corrected chi connectivity index (χ3v) is 2.72. The number of rotatable bonds is 9. The average molecular weight is 280 g/mol. The van der Waals surface area contributed by atoms with E-state index in [1.54, 1.807) is 0 Å². The van der Waals surface area contributed by atoms with Gasteiger partial charge in [0.25, 0.3) is 5.91 Å². The molecule has 0 saturated heterocycles. The molecule has 0 radical (unpaired) electrons. The number of amides is 1. The number of primary amides is 1. The van der Waals surface area contributed by atoms with Gasteiger partial charge in [0.15, 0.2) is 6.61 Å². The molecule has 20 heavy (non-hydrogen) atoms. The zero-order chi connectivity index (χ0) is 15.0. The lowest BCUT2D eigenvalue weighted by molar-refractivity contribution is -0.119. The second-order valence-electron chi connectivity index (χ2n) is 5.20. The van der Waals surface area contributed by atoms with Crippen molar-refractivity contribution >= 4 is 5.91 Å². The van der Waals surface area contributed by atoms with Crippen molar-refractivity contribution in [3.05, 3.63) is 29.8 Å². The highest BCUT2D eigenvalue weighted by atomic mass is 16.5. The van der Waals surface area contributed by atoms with Gasteiger partial charge in [-0.25, -0.2) is 0 Å². The van der Waals surface area contributed by atoms with E-state index in [1.165, 1.54) is 0 Å². The highest BCUT2D eigenvalue weighted by Crippen LogP contribution is 2.12. The summed E-state index contributed by atoms with van der Waals surface area (Å²) in [5.41, 5.74) is 5.99.